The van der Waals surface area contributed by atoms with E-state index in [-0.39, 0.29) is 5.75 Å². The number of likely N-dealkylation sites (tertiary alicyclic amines) is 1. The summed E-state index contributed by atoms with van der Waals surface area (Å²) in [6.07, 6.45) is 3.59. The standard InChI is InChI=1S/C15H22ClNO2/c1-4-13-6-5-10(2)17(13)9-11-7-12(16)8-14(19-3)15(11)18/h7-8,10,13,18H,4-6,9H2,1-3H3. The van der Waals surface area contributed by atoms with Crippen LogP contribution in [0.2, 0.25) is 5.02 Å². The lowest BCUT2D eigenvalue weighted by Gasteiger charge is -2.28. The number of rotatable bonds is 4. The number of phenols is 1. The molecule has 1 N–H and O–H groups in total. The monoisotopic (exact) mass is 283 g/mol. The molecule has 1 saturated heterocycles. The van der Waals surface area contributed by atoms with E-state index in [1.165, 1.54) is 12.8 Å². The van der Waals surface area contributed by atoms with Crippen LogP contribution in [-0.4, -0.2) is 29.2 Å². The van der Waals surface area contributed by atoms with E-state index in [1.54, 1.807) is 13.2 Å². The van der Waals surface area contributed by atoms with Gasteiger partial charge in [0.25, 0.3) is 0 Å². The molecule has 0 spiro atoms. The third kappa shape index (κ3) is 2.98. The number of ether oxygens (including phenoxy) is 1. The van der Waals surface area contributed by atoms with Gasteiger partial charge in [-0.1, -0.05) is 18.5 Å². The van der Waals surface area contributed by atoms with E-state index in [9.17, 15) is 5.11 Å². The molecule has 1 aliphatic rings. The average molecular weight is 284 g/mol. The molecule has 1 aromatic rings. The largest absolute Gasteiger partial charge is 0.504 e. The Kier molecular flexibility index (Phi) is 4.58. The van der Waals surface area contributed by atoms with Gasteiger partial charge in [-0.3, -0.25) is 4.90 Å². The van der Waals surface area contributed by atoms with Gasteiger partial charge in [0.05, 0.1) is 7.11 Å². The summed E-state index contributed by atoms with van der Waals surface area (Å²) in [5, 5.41) is 10.8. The average Bonchev–Trinajstić information content (AvgIpc) is 2.74. The SMILES string of the molecule is CCC1CCC(C)N1Cc1cc(Cl)cc(OC)c1O. The minimum atomic E-state index is 0.209. The Bertz CT molecular complexity index is 450. The summed E-state index contributed by atoms with van der Waals surface area (Å²) in [5.41, 5.74) is 0.844. The van der Waals surface area contributed by atoms with Crippen molar-refractivity contribution in [1.29, 1.82) is 0 Å². The molecule has 3 nitrogen and oxygen atoms in total. The normalized spacial score (nSPS) is 23.8. The van der Waals surface area contributed by atoms with Crippen LogP contribution < -0.4 is 4.74 Å². The number of benzene rings is 1. The quantitative estimate of drug-likeness (QED) is 0.912. The Labute approximate surface area is 120 Å². The first-order chi connectivity index (χ1) is 9.06. The van der Waals surface area contributed by atoms with Crippen LogP contribution in [0.4, 0.5) is 0 Å². The van der Waals surface area contributed by atoms with Gasteiger partial charge in [0.2, 0.25) is 0 Å². The molecule has 1 aliphatic heterocycles. The van der Waals surface area contributed by atoms with Crippen molar-refractivity contribution in [3.05, 3.63) is 22.7 Å². The highest BCUT2D eigenvalue weighted by molar-refractivity contribution is 6.30. The van der Waals surface area contributed by atoms with Crippen LogP contribution in [-0.2, 0) is 6.54 Å². The van der Waals surface area contributed by atoms with E-state index in [4.69, 9.17) is 16.3 Å². The molecule has 2 unspecified atom stereocenters. The zero-order chi connectivity index (χ0) is 14.0. The summed E-state index contributed by atoms with van der Waals surface area (Å²) in [5.74, 6) is 0.656. The number of methoxy groups -OCH3 is 1. The molecule has 4 heteroatoms. The Morgan fingerprint density at radius 2 is 2.16 bits per heavy atom. The summed E-state index contributed by atoms with van der Waals surface area (Å²) in [6, 6.07) is 4.62. The molecular weight excluding hydrogens is 262 g/mol. The third-order valence-corrected chi connectivity index (χ3v) is 4.33. The summed E-state index contributed by atoms with van der Waals surface area (Å²) < 4.78 is 5.16. The molecule has 0 bridgehead atoms. The van der Waals surface area contributed by atoms with Crippen molar-refractivity contribution >= 4 is 11.6 Å². The minimum Gasteiger partial charge on any atom is -0.504 e. The second-order valence-corrected chi connectivity index (χ2v) is 5.71. The van der Waals surface area contributed by atoms with Gasteiger partial charge >= 0.3 is 0 Å². The topological polar surface area (TPSA) is 32.7 Å². The summed E-state index contributed by atoms with van der Waals surface area (Å²) in [6.45, 7) is 5.19. The van der Waals surface area contributed by atoms with Crippen LogP contribution in [0.15, 0.2) is 12.1 Å². The number of halogens is 1. The lowest BCUT2D eigenvalue weighted by molar-refractivity contribution is 0.187. The van der Waals surface area contributed by atoms with Crippen molar-refractivity contribution in [2.75, 3.05) is 7.11 Å². The highest BCUT2D eigenvalue weighted by Crippen LogP contribution is 2.36. The van der Waals surface area contributed by atoms with Gasteiger partial charge in [-0.15, -0.1) is 0 Å². The summed E-state index contributed by atoms with van der Waals surface area (Å²) >= 11 is 6.08. The van der Waals surface area contributed by atoms with E-state index in [2.05, 4.69) is 18.7 Å². The first-order valence-corrected chi connectivity index (χ1v) is 7.25. The van der Waals surface area contributed by atoms with Crippen LogP contribution in [0.25, 0.3) is 0 Å². The van der Waals surface area contributed by atoms with Gasteiger partial charge in [0.1, 0.15) is 0 Å². The summed E-state index contributed by atoms with van der Waals surface area (Å²) in [7, 11) is 1.54. The van der Waals surface area contributed by atoms with E-state index in [0.29, 0.717) is 22.9 Å². The molecule has 0 radical (unpaired) electrons. The van der Waals surface area contributed by atoms with E-state index >= 15 is 0 Å². The number of nitrogens with zero attached hydrogens (tertiary/aromatic N) is 1. The molecule has 2 rings (SSSR count). The Morgan fingerprint density at radius 3 is 2.79 bits per heavy atom. The molecular formula is C15H22ClNO2. The maximum absolute atomic E-state index is 10.2. The smallest absolute Gasteiger partial charge is 0.162 e. The first-order valence-electron chi connectivity index (χ1n) is 6.88. The molecule has 19 heavy (non-hydrogen) atoms. The Hall–Kier alpha value is -0.930. The van der Waals surface area contributed by atoms with Crippen molar-refractivity contribution in [3.63, 3.8) is 0 Å². The predicted molar refractivity (Wildman–Crippen MR) is 78.0 cm³/mol. The van der Waals surface area contributed by atoms with Crippen molar-refractivity contribution in [1.82, 2.24) is 4.90 Å². The van der Waals surface area contributed by atoms with Crippen LogP contribution in [0.5, 0.6) is 11.5 Å². The highest BCUT2D eigenvalue weighted by atomic mass is 35.5. The molecule has 0 aliphatic carbocycles. The first kappa shape index (κ1) is 14.5. The van der Waals surface area contributed by atoms with Crippen molar-refractivity contribution in [2.24, 2.45) is 0 Å². The fourth-order valence-electron chi connectivity index (χ4n) is 2.95. The van der Waals surface area contributed by atoms with Crippen molar-refractivity contribution < 1.29 is 9.84 Å². The molecule has 0 saturated carbocycles. The zero-order valence-electron chi connectivity index (χ0n) is 11.8. The van der Waals surface area contributed by atoms with Gasteiger partial charge in [-0.2, -0.15) is 0 Å². The molecule has 0 amide bonds. The van der Waals surface area contributed by atoms with Crippen molar-refractivity contribution in [2.45, 2.75) is 51.7 Å². The zero-order valence-corrected chi connectivity index (χ0v) is 12.6. The van der Waals surface area contributed by atoms with Gasteiger partial charge in [-0.05, 0) is 32.3 Å². The Balaban J connectivity index is 2.25. The van der Waals surface area contributed by atoms with E-state index < -0.39 is 0 Å². The predicted octanol–water partition coefficient (Wildman–Crippen LogP) is 3.82. The molecule has 0 aromatic heterocycles. The van der Waals surface area contributed by atoms with Gasteiger partial charge in [-0.25, -0.2) is 0 Å². The van der Waals surface area contributed by atoms with Crippen LogP contribution >= 0.6 is 11.6 Å². The Morgan fingerprint density at radius 1 is 1.42 bits per heavy atom. The highest BCUT2D eigenvalue weighted by Gasteiger charge is 2.30. The number of hydrogen-bond acceptors (Lipinski definition) is 3. The minimum absolute atomic E-state index is 0.209. The summed E-state index contributed by atoms with van der Waals surface area (Å²) in [4.78, 5) is 2.45. The number of aromatic hydroxyl groups is 1. The van der Waals surface area contributed by atoms with Gasteiger partial charge < -0.3 is 9.84 Å². The van der Waals surface area contributed by atoms with Crippen LogP contribution in [0, 0.1) is 0 Å². The van der Waals surface area contributed by atoms with Gasteiger partial charge in [0, 0.05) is 35.3 Å². The molecule has 1 fully saturated rings. The molecule has 106 valence electrons. The number of hydrogen-bond donors (Lipinski definition) is 1. The molecule has 2 atom stereocenters. The van der Waals surface area contributed by atoms with E-state index in [1.807, 2.05) is 6.07 Å². The van der Waals surface area contributed by atoms with Gasteiger partial charge in [0.15, 0.2) is 11.5 Å². The van der Waals surface area contributed by atoms with Crippen LogP contribution in [0.1, 0.15) is 38.7 Å². The lowest BCUT2D eigenvalue weighted by atomic mass is 10.1. The second-order valence-electron chi connectivity index (χ2n) is 5.28. The fourth-order valence-corrected chi connectivity index (χ4v) is 3.18. The third-order valence-electron chi connectivity index (χ3n) is 4.12. The maximum Gasteiger partial charge on any atom is 0.162 e. The van der Waals surface area contributed by atoms with Crippen LogP contribution in [0.3, 0.4) is 0 Å². The molecule has 1 aromatic carbocycles. The lowest BCUT2D eigenvalue weighted by Crippen LogP contribution is -2.33. The second kappa shape index (κ2) is 6.02. The maximum atomic E-state index is 10.2. The molecule has 1 heterocycles. The number of phenolic OH excluding ortho intramolecular Hbond substituents is 1. The van der Waals surface area contributed by atoms with Crippen molar-refractivity contribution in [3.8, 4) is 11.5 Å². The fraction of sp³-hybridized carbons (Fsp3) is 0.600. The van der Waals surface area contributed by atoms with E-state index in [0.717, 1.165) is 18.5 Å².